The van der Waals surface area contributed by atoms with E-state index in [9.17, 15) is 0 Å². The van der Waals surface area contributed by atoms with Crippen LogP contribution in [-0.4, -0.2) is 28.6 Å². The van der Waals surface area contributed by atoms with Gasteiger partial charge in [0.25, 0.3) is 0 Å². The second-order valence-electron chi connectivity index (χ2n) is 6.16. The van der Waals surface area contributed by atoms with E-state index in [-0.39, 0.29) is 6.10 Å². The number of nitrogens with one attached hydrogen (secondary N) is 1. The van der Waals surface area contributed by atoms with Gasteiger partial charge in [0.2, 0.25) is 0 Å². The maximum atomic E-state index is 5.67. The van der Waals surface area contributed by atoms with Crippen LogP contribution in [0.5, 0.6) is 0 Å². The van der Waals surface area contributed by atoms with E-state index in [0.717, 1.165) is 27.8 Å². The third-order valence-electron chi connectivity index (χ3n) is 4.45. The number of hydrogen-bond acceptors (Lipinski definition) is 5. The summed E-state index contributed by atoms with van der Waals surface area (Å²) in [5.74, 6) is 1.47. The van der Waals surface area contributed by atoms with Gasteiger partial charge < -0.3 is 10.1 Å². The van der Waals surface area contributed by atoms with Crippen LogP contribution in [0, 0.1) is 0 Å². The van der Waals surface area contributed by atoms with Crippen molar-refractivity contribution in [2.75, 3.05) is 19.0 Å². The van der Waals surface area contributed by atoms with Crippen molar-refractivity contribution in [2.24, 2.45) is 0 Å². The Kier molecular flexibility index (Phi) is 5.03. The van der Waals surface area contributed by atoms with E-state index in [1.807, 2.05) is 54.6 Å². The normalized spacial score (nSPS) is 12.0. The summed E-state index contributed by atoms with van der Waals surface area (Å²) in [6.45, 7) is 0.608. The highest BCUT2D eigenvalue weighted by atomic mass is 16.5. The van der Waals surface area contributed by atoms with Crippen molar-refractivity contribution >= 4 is 16.7 Å². The zero-order valence-corrected chi connectivity index (χ0v) is 15.0. The average Bonchev–Trinajstić information content (AvgIpc) is 2.75. The Morgan fingerprint density at radius 2 is 1.63 bits per heavy atom. The maximum absolute atomic E-state index is 5.67. The molecular formula is C22H20N4O. The molecule has 5 nitrogen and oxygen atoms in total. The van der Waals surface area contributed by atoms with Crippen molar-refractivity contribution < 1.29 is 4.74 Å². The van der Waals surface area contributed by atoms with Gasteiger partial charge in [-0.05, 0) is 29.8 Å². The molecule has 27 heavy (non-hydrogen) atoms. The Bertz CT molecular complexity index is 1020. The molecule has 4 aromatic rings. The topological polar surface area (TPSA) is 59.9 Å². The van der Waals surface area contributed by atoms with Gasteiger partial charge >= 0.3 is 0 Å². The molecule has 0 aliphatic rings. The number of nitrogens with zero attached hydrogens (tertiary/aromatic N) is 3. The number of anilines is 1. The smallest absolute Gasteiger partial charge is 0.162 e. The number of aromatic nitrogens is 3. The monoisotopic (exact) mass is 356 g/mol. The Hall–Kier alpha value is -3.31. The fraction of sp³-hybridized carbons (Fsp3) is 0.136. The van der Waals surface area contributed by atoms with Crippen molar-refractivity contribution in [3.8, 4) is 11.4 Å². The zero-order valence-electron chi connectivity index (χ0n) is 15.0. The van der Waals surface area contributed by atoms with Crippen molar-refractivity contribution in [2.45, 2.75) is 6.10 Å². The highest BCUT2D eigenvalue weighted by Gasteiger charge is 2.13. The molecule has 0 spiro atoms. The molecule has 1 atom stereocenters. The Balaban J connectivity index is 1.68. The lowest BCUT2D eigenvalue weighted by molar-refractivity contribution is 0.114. The van der Waals surface area contributed by atoms with E-state index in [2.05, 4.69) is 22.4 Å². The van der Waals surface area contributed by atoms with Crippen molar-refractivity contribution in [1.29, 1.82) is 0 Å². The van der Waals surface area contributed by atoms with E-state index in [1.165, 1.54) is 0 Å². The van der Waals surface area contributed by atoms with Gasteiger partial charge in [-0.3, -0.25) is 4.98 Å². The highest BCUT2D eigenvalue weighted by molar-refractivity contribution is 5.90. The van der Waals surface area contributed by atoms with Gasteiger partial charge in [-0.15, -0.1) is 0 Å². The third kappa shape index (κ3) is 3.78. The standard InChI is InChI=1S/C22H20N4O/c1-27-20(16-7-3-2-4-8-16)15-24-22-18-9-5-6-10-19(18)25-21(26-22)17-11-13-23-14-12-17/h2-14,20H,15H2,1H3,(H,24,25,26)/t20-/m1/s1. The summed E-state index contributed by atoms with van der Waals surface area (Å²) in [5.41, 5.74) is 2.96. The number of ether oxygens (including phenoxy) is 1. The summed E-state index contributed by atoms with van der Waals surface area (Å²) >= 11 is 0. The summed E-state index contributed by atoms with van der Waals surface area (Å²) < 4.78 is 5.67. The summed E-state index contributed by atoms with van der Waals surface area (Å²) in [7, 11) is 1.72. The largest absolute Gasteiger partial charge is 0.375 e. The molecule has 0 aliphatic heterocycles. The second kappa shape index (κ2) is 7.93. The van der Waals surface area contributed by atoms with Crippen LogP contribution >= 0.6 is 0 Å². The Morgan fingerprint density at radius 3 is 2.41 bits per heavy atom. The van der Waals surface area contributed by atoms with Crippen LogP contribution in [0.3, 0.4) is 0 Å². The molecule has 0 bridgehead atoms. The summed E-state index contributed by atoms with van der Waals surface area (Å²) in [6, 6.07) is 22.0. The molecule has 2 aromatic heterocycles. The molecule has 134 valence electrons. The lowest BCUT2D eigenvalue weighted by Crippen LogP contribution is -2.15. The molecular weight excluding hydrogens is 336 g/mol. The predicted molar refractivity (Wildman–Crippen MR) is 107 cm³/mol. The van der Waals surface area contributed by atoms with Crippen molar-refractivity contribution in [1.82, 2.24) is 15.0 Å². The molecule has 1 N–H and O–H groups in total. The van der Waals surface area contributed by atoms with Gasteiger partial charge in [-0.1, -0.05) is 42.5 Å². The molecule has 0 saturated carbocycles. The van der Waals surface area contributed by atoms with Crippen LogP contribution in [0.15, 0.2) is 79.1 Å². The Morgan fingerprint density at radius 1 is 0.889 bits per heavy atom. The first-order valence-electron chi connectivity index (χ1n) is 8.84. The molecule has 4 rings (SSSR count). The lowest BCUT2D eigenvalue weighted by Gasteiger charge is -2.18. The molecule has 0 unspecified atom stereocenters. The van der Waals surface area contributed by atoms with E-state index >= 15 is 0 Å². The molecule has 0 fully saturated rings. The van der Waals surface area contributed by atoms with Crippen molar-refractivity contribution in [3.05, 3.63) is 84.7 Å². The van der Waals surface area contributed by atoms with Gasteiger partial charge in [0, 0.05) is 37.0 Å². The molecule has 0 amide bonds. The molecule has 0 saturated heterocycles. The SMILES string of the molecule is CO[C@H](CNc1nc(-c2ccncc2)nc2ccccc12)c1ccccc1. The summed E-state index contributed by atoms with van der Waals surface area (Å²) in [5, 5.41) is 4.44. The first kappa shape index (κ1) is 17.1. The first-order chi connectivity index (χ1) is 13.3. The van der Waals surface area contributed by atoms with E-state index in [4.69, 9.17) is 14.7 Å². The van der Waals surface area contributed by atoms with Crippen molar-refractivity contribution in [3.63, 3.8) is 0 Å². The molecule has 2 aromatic carbocycles. The minimum atomic E-state index is -0.0655. The number of benzene rings is 2. The number of hydrogen-bond donors (Lipinski definition) is 1. The summed E-state index contributed by atoms with van der Waals surface area (Å²) in [6.07, 6.45) is 3.43. The number of pyridine rings is 1. The fourth-order valence-corrected chi connectivity index (χ4v) is 3.04. The Labute approximate surface area is 158 Å². The van der Waals surface area contributed by atoms with Crippen LogP contribution < -0.4 is 5.32 Å². The number of methoxy groups -OCH3 is 1. The van der Waals surface area contributed by atoms with Gasteiger partial charge in [0.15, 0.2) is 5.82 Å². The number of rotatable bonds is 6. The van der Waals surface area contributed by atoms with Crippen LogP contribution in [0.4, 0.5) is 5.82 Å². The average molecular weight is 356 g/mol. The van der Waals surface area contributed by atoms with Gasteiger partial charge in [0.05, 0.1) is 11.6 Å². The van der Waals surface area contributed by atoms with Gasteiger partial charge in [-0.25, -0.2) is 9.97 Å². The lowest BCUT2D eigenvalue weighted by atomic mass is 10.1. The van der Waals surface area contributed by atoms with Crippen LogP contribution in [0.1, 0.15) is 11.7 Å². The first-order valence-corrected chi connectivity index (χ1v) is 8.84. The minimum Gasteiger partial charge on any atom is -0.375 e. The minimum absolute atomic E-state index is 0.0655. The number of fused-ring (bicyclic) bond motifs is 1. The maximum Gasteiger partial charge on any atom is 0.162 e. The van der Waals surface area contributed by atoms with E-state index in [1.54, 1.807) is 19.5 Å². The second-order valence-corrected chi connectivity index (χ2v) is 6.16. The highest BCUT2D eigenvalue weighted by Crippen LogP contribution is 2.25. The third-order valence-corrected chi connectivity index (χ3v) is 4.45. The van der Waals surface area contributed by atoms with E-state index < -0.39 is 0 Å². The van der Waals surface area contributed by atoms with Crippen LogP contribution in [-0.2, 0) is 4.74 Å². The summed E-state index contributed by atoms with van der Waals surface area (Å²) in [4.78, 5) is 13.5. The zero-order chi connectivity index (χ0) is 18.5. The van der Waals surface area contributed by atoms with Gasteiger partial charge in [0.1, 0.15) is 5.82 Å². The number of para-hydroxylation sites is 1. The van der Waals surface area contributed by atoms with Gasteiger partial charge in [-0.2, -0.15) is 0 Å². The molecule has 0 aliphatic carbocycles. The van der Waals surface area contributed by atoms with Crippen LogP contribution in [0.2, 0.25) is 0 Å². The molecule has 0 radical (unpaired) electrons. The van der Waals surface area contributed by atoms with Crippen LogP contribution in [0.25, 0.3) is 22.3 Å². The predicted octanol–water partition coefficient (Wildman–Crippen LogP) is 4.49. The van der Waals surface area contributed by atoms with E-state index in [0.29, 0.717) is 12.4 Å². The molecule has 5 heteroatoms. The molecule has 2 heterocycles. The fourth-order valence-electron chi connectivity index (χ4n) is 3.04. The quantitative estimate of drug-likeness (QED) is 0.551.